The van der Waals surface area contributed by atoms with Crippen molar-refractivity contribution in [2.24, 2.45) is 11.8 Å². The lowest BCUT2D eigenvalue weighted by Crippen LogP contribution is -2.61. The van der Waals surface area contributed by atoms with Gasteiger partial charge in [0, 0.05) is 26.6 Å². The molecule has 1 atom stereocenters. The van der Waals surface area contributed by atoms with Gasteiger partial charge in [-0.15, -0.1) is 0 Å². The van der Waals surface area contributed by atoms with Gasteiger partial charge in [0.15, 0.2) is 0 Å². The SMILES string of the molecule is COCCNC(=O)C1(N2C[C@H](CC(C)C)CC2=O)CCSCC1. The summed E-state index contributed by atoms with van der Waals surface area (Å²) < 4.78 is 5.02. The first kappa shape index (κ1) is 18.6. The van der Waals surface area contributed by atoms with E-state index in [9.17, 15) is 9.59 Å². The van der Waals surface area contributed by atoms with E-state index in [2.05, 4.69) is 19.2 Å². The van der Waals surface area contributed by atoms with Crippen LogP contribution in [0, 0.1) is 11.8 Å². The van der Waals surface area contributed by atoms with Crippen molar-refractivity contribution >= 4 is 23.6 Å². The highest BCUT2D eigenvalue weighted by Crippen LogP contribution is 2.38. The van der Waals surface area contributed by atoms with Crippen molar-refractivity contribution in [2.45, 2.75) is 45.1 Å². The van der Waals surface area contributed by atoms with Gasteiger partial charge in [-0.1, -0.05) is 13.8 Å². The van der Waals surface area contributed by atoms with Crippen LogP contribution < -0.4 is 5.32 Å². The summed E-state index contributed by atoms with van der Waals surface area (Å²) in [4.78, 5) is 27.4. The standard InChI is InChI=1S/C17H30N2O3S/c1-13(2)10-14-11-15(20)19(12-14)17(4-8-23-9-5-17)16(21)18-6-7-22-3/h13-14H,4-12H2,1-3H3,(H,18,21)/t14-/m1/s1. The van der Waals surface area contributed by atoms with Gasteiger partial charge in [0.1, 0.15) is 5.54 Å². The Morgan fingerprint density at radius 1 is 1.43 bits per heavy atom. The molecule has 2 heterocycles. The van der Waals surface area contributed by atoms with Crippen molar-refractivity contribution in [3.05, 3.63) is 0 Å². The number of carbonyl (C=O) groups excluding carboxylic acids is 2. The van der Waals surface area contributed by atoms with Crippen molar-refractivity contribution in [3.8, 4) is 0 Å². The van der Waals surface area contributed by atoms with Crippen LogP contribution in [0.1, 0.15) is 39.5 Å². The second kappa shape index (κ2) is 8.38. The normalized spacial score (nSPS) is 24.3. The summed E-state index contributed by atoms with van der Waals surface area (Å²) in [5.74, 6) is 3.02. The quantitative estimate of drug-likeness (QED) is 0.718. The molecule has 2 fully saturated rings. The molecule has 0 saturated carbocycles. The van der Waals surface area contributed by atoms with Gasteiger partial charge < -0.3 is 15.0 Å². The molecule has 0 spiro atoms. The smallest absolute Gasteiger partial charge is 0.246 e. The summed E-state index contributed by atoms with van der Waals surface area (Å²) >= 11 is 1.87. The van der Waals surface area contributed by atoms with E-state index in [1.54, 1.807) is 7.11 Å². The molecule has 0 aromatic carbocycles. The van der Waals surface area contributed by atoms with Crippen LogP contribution in [0.4, 0.5) is 0 Å². The molecule has 2 aliphatic rings. The third-order valence-electron chi connectivity index (χ3n) is 4.86. The predicted octanol–water partition coefficient (Wildman–Crippen LogP) is 1.91. The topological polar surface area (TPSA) is 58.6 Å². The maximum atomic E-state index is 12.9. The van der Waals surface area contributed by atoms with E-state index < -0.39 is 5.54 Å². The van der Waals surface area contributed by atoms with Gasteiger partial charge in [0.05, 0.1) is 6.61 Å². The Morgan fingerprint density at radius 2 is 2.13 bits per heavy atom. The molecule has 2 rings (SSSR count). The van der Waals surface area contributed by atoms with E-state index in [0.29, 0.717) is 31.4 Å². The number of methoxy groups -OCH3 is 1. The van der Waals surface area contributed by atoms with Crippen LogP contribution in [0.5, 0.6) is 0 Å². The largest absolute Gasteiger partial charge is 0.383 e. The van der Waals surface area contributed by atoms with Crippen LogP contribution in [0.3, 0.4) is 0 Å². The minimum Gasteiger partial charge on any atom is -0.383 e. The minimum atomic E-state index is -0.637. The zero-order valence-corrected chi connectivity index (χ0v) is 15.4. The Kier molecular flexibility index (Phi) is 6.77. The van der Waals surface area contributed by atoms with E-state index >= 15 is 0 Å². The average molecular weight is 343 g/mol. The van der Waals surface area contributed by atoms with Gasteiger partial charge >= 0.3 is 0 Å². The van der Waals surface area contributed by atoms with Crippen LogP contribution in [0.2, 0.25) is 0 Å². The van der Waals surface area contributed by atoms with Crippen LogP contribution in [0.15, 0.2) is 0 Å². The Hall–Kier alpha value is -0.750. The first-order valence-corrected chi connectivity index (χ1v) is 9.80. The van der Waals surface area contributed by atoms with Crippen molar-refractivity contribution in [2.75, 3.05) is 38.3 Å². The lowest BCUT2D eigenvalue weighted by Gasteiger charge is -2.43. The van der Waals surface area contributed by atoms with Crippen molar-refractivity contribution in [1.29, 1.82) is 0 Å². The van der Waals surface area contributed by atoms with E-state index in [4.69, 9.17) is 4.74 Å². The highest BCUT2D eigenvalue weighted by Gasteiger charge is 2.50. The Morgan fingerprint density at radius 3 is 2.74 bits per heavy atom. The molecule has 5 nitrogen and oxygen atoms in total. The lowest BCUT2D eigenvalue weighted by molar-refractivity contribution is -0.145. The van der Waals surface area contributed by atoms with Crippen molar-refractivity contribution in [1.82, 2.24) is 10.2 Å². The highest BCUT2D eigenvalue weighted by atomic mass is 32.2. The number of rotatable bonds is 7. The monoisotopic (exact) mass is 342 g/mol. The molecule has 132 valence electrons. The molecule has 0 aromatic heterocycles. The average Bonchev–Trinajstić information content (AvgIpc) is 2.88. The van der Waals surface area contributed by atoms with Crippen LogP contribution in [0.25, 0.3) is 0 Å². The molecule has 2 amide bonds. The van der Waals surface area contributed by atoms with Gasteiger partial charge in [-0.05, 0) is 42.6 Å². The van der Waals surface area contributed by atoms with Crippen molar-refractivity contribution < 1.29 is 14.3 Å². The van der Waals surface area contributed by atoms with E-state index in [1.807, 2.05) is 16.7 Å². The fourth-order valence-corrected chi connectivity index (χ4v) is 4.95. The summed E-state index contributed by atoms with van der Waals surface area (Å²) in [6.07, 6.45) is 3.17. The number of hydrogen-bond acceptors (Lipinski definition) is 4. The van der Waals surface area contributed by atoms with E-state index in [-0.39, 0.29) is 11.8 Å². The maximum Gasteiger partial charge on any atom is 0.246 e. The van der Waals surface area contributed by atoms with Gasteiger partial charge in [-0.2, -0.15) is 11.8 Å². The third-order valence-corrected chi connectivity index (χ3v) is 5.85. The molecule has 0 aromatic rings. The summed E-state index contributed by atoms with van der Waals surface area (Å²) in [6.45, 7) is 6.12. The number of ether oxygens (including phenoxy) is 1. The van der Waals surface area contributed by atoms with Crippen molar-refractivity contribution in [3.63, 3.8) is 0 Å². The molecule has 6 heteroatoms. The third kappa shape index (κ3) is 4.41. The zero-order valence-electron chi connectivity index (χ0n) is 14.6. The number of carbonyl (C=O) groups is 2. The van der Waals surface area contributed by atoms with E-state index in [1.165, 1.54) is 0 Å². The van der Waals surface area contributed by atoms with Gasteiger partial charge in [-0.3, -0.25) is 9.59 Å². The zero-order chi connectivity index (χ0) is 16.9. The fraction of sp³-hybridized carbons (Fsp3) is 0.882. The number of thioether (sulfide) groups is 1. The first-order valence-electron chi connectivity index (χ1n) is 8.65. The van der Waals surface area contributed by atoms with Crippen LogP contribution in [-0.2, 0) is 14.3 Å². The van der Waals surface area contributed by atoms with Crippen LogP contribution >= 0.6 is 11.8 Å². The molecule has 0 radical (unpaired) electrons. The number of hydrogen-bond donors (Lipinski definition) is 1. The second-order valence-corrected chi connectivity index (χ2v) is 8.32. The first-order chi connectivity index (χ1) is 11.0. The molecule has 0 aliphatic carbocycles. The predicted molar refractivity (Wildman–Crippen MR) is 93.5 cm³/mol. The summed E-state index contributed by atoms with van der Waals surface area (Å²) in [5, 5.41) is 2.98. The summed E-state index contributed by atoms with van der Waals surface area (Å²) in [5.41, 5.74) is -0.637. The van der Waals surface area contributed by atoms with Gasteiger partial charge in [0.2, 0.25) is 11.8 Å². The molecular formula is C17H30N2O3S. The lowest BCUT2D eigenvalue weighted by atomic mass is 9.88. The highest BCUT2D eigenvalue weighted by molar-refractivity contribution is 7.99. The molecule has 0 bridgehead atoms. The molecule has 0 unspecified atom stereocenters. The Balaban J connectivity index is 2.11. The fourth-order valence-electron chi connectivity index (χ4n) is 3.78. The Labute approximate surface area is 143 Å². The second-order valence-electron chi connectivity index (χ2n) is 7.10. The number of amides is 2. The molecule has 23 heavy (non-hydrogen) atoms. The van der Waals surface area contributed by atoms with Gasteiger partial charge in [0.25, 0.3) is 0 Å². The molecule has 2 saturated heterocycles. The summed E-state index contributed by atoms with van der Waals surface area (Å²) in [6, 6.07) is 0. The van der Waals surface area contributed by atoms with Crippen LogP contribution in [-0.4, -0.2) is 60.6 Å². The van der Waals surface area contributed by atoms with Gasteiger partial charge in [-0.25, -0.2) is 0 Å². The molecular weight excluding hydrogens is 312 g/mol. The van der Waals surface area contributed by atoms with E-state index in [0.717, 1.165) is 37.3 Å². The Bertz CT molecular complexity index is 422. The molecule has 1 N–H and O–H groups in total. The maximum absolute atomic E-state index is 12.9. The minimum absolute atomic E-state index is 0.00777. The number of nitrogens with one attached hydrogen (secondary N) is 1. The molecule has 2 aliphatic heterocycles. The number of nitrogens with zero attached hydrogens (tertiary/aromatic N) is 1. The summed E-state index contributed by atoms with van der Waals surface area (Å²) in [7, 11) is 1.62. The number of likely N-dealkylation sites (tertiary alicyclic amines) is 1.